The number of benzene rings is 1. The van der Waals surface area contributed by atoms with Gasteiger partial charge in [-0.25, -0.2) is 4.79 Å². The van der Waals surface area contributed by atoms with E-state index >= 15 is 0 Å². The smallest absolute Gasteiger partial charge is 0.315 e. The highest BCUT2D eigenvalue weighted by Gasteiger charge is 2.18. The van der Waals surface area contributed by atoms with Crippen LogP contribution in [-0.2, 0) is 6.54 Å². The van der Waals surface area contributed by atoms with Crippen LogP contribution in [0.3, 0.4) is 0 Å². The van der Waals surface area contributed by atoms with Crippen molar-refractivity contribution in [2.24, 2.45) is 0 Å². The van der Waals surface area contributed by atoms with Crippen LogP contribution in [0.5, 0.6) is 11.5 Å². The number of rotatable bonds is 3. The standard InChI is InChI=1S/C16H22N2O3/c1-11-8-14-15(21-7-6-20-14)9-12(11)10-17-16(19)18-13-4-2-3-5-13/h8-9,13H,2-7,10H2,1H3,(H2,17,18,19). The summed E-state index contributed by atoms with van der Waals surface area (Å²) >= 11 is 0. The number of ether oxygens (including phenoxy) is 2. The minimum Gasteiger partial charge on any atom is -0.486 e. The molecule has 0 unspecified atom stereocenters. The van der Waals surface area contributed by atoms with Gasteiger partial charge in [-0.1, -0.05) is 12.8 Å². The molecular weight excluding hydrogens is 268 g/mol. The molecule has 21 heavy (non-hydrogen) atoms. The zero-order valence-electron chi connectivity index (χ0n) is 12.4. The summed E-state index contributed by atoms with van der Waals surface area (Å²) < 4.78 is 11.1. The van der Waals surface area contributed by atoms with Crippen LogP contribution in [0.1, 0.15) is 36.8 Å². The van der Waals surface area contributed by atoms with Crippen molar-refractivity contribution < 1.29 is 14.3 Å². The van der Waals surface area contributed by atoms with Gasteiger partial charge in [0.25, 0.3) is 0 Å². The lowest BCUT2D eigenvalue weighted by atomic mass is 10.1. The van der Waals surface area contributed by atoms with E-state index in [1.165, 1.54) is 12.8 Å². The van der Waals surface area contributed by atoms with Crippen molar-refractivity contribution in [3.8, 4) is 11.5 Å². The van der Waals surface area contributed by atoms with E-state index in [9.17, 15) is 4.79 Å². The third kappa shape index (κ3) is 3.40. The molecule has 1 heterocycles. The van der Waals surface area contributed by atoms with Crippen LogP contribution in [0.25, 0.3) is 0 Å². The Balaban J connectivity index is 1.58. The van der Waals surface area contributed by atoms with E-state index in [0.717, 1.165) is 35.5 Å². The van der Waals surface area contributed by atoms with Crippen LogP contribution in [0.2, 0.25) is 0 Å². The second-order valence-electron chi connectivity index (χ2n) is 5.73. The highest BCUT2D eigenvalue weighted by atomic mass is 16.6. The topological polar surface area (TPSA) is 59.6 Å². The largest absolute Gasteiger partial charge is 0.486 e. The Morgan fingerprint density at radius 2 is 1.86 bits per heavy atom. The van der Waals surface area contributed by atoms with E-state index in [2.05, 4.69) is 10.6 Å². The first-order chi connectivity index (χ1) is 10.2. The first-order valence-corrected chi connectivity index (χ1v) is 7.66. The number of carbonyl (C=O) groups excluding carboxylic acids is 1. The molecule has 0 bridgehead atoms. The predicted molar refractivity (Wildman–Crippen MR) is 79.8 cm³/mol. The predicted octanol–water partition coefficient (Wildman–Crippen LogP) is 2.51. The number of amides is 2. The van der Waals surface area contributed by atoms with Gasteiger partial charge in [-0.3, -0.25) is 0 Å². The fraction of sp³-hybridized carbons (Fsp3) is 0.562. The van der Waals surface area contributed by atoms with Gasteiger partial charge in [0, 0.05) is 12.6 Å². The highest BCUT2D eigenvalue weighted by molar-refractivity contribution is 5.74. The minimum atomic E-state index is -0.0869. The van der Waals surface area contributed by atoms with Crippen LogP contribution >= 0.6 is 0 Å². The first kappa shape index (κ1) is 14.0. The maximum atomic E-state index is 11.9. The Morgan fingerprint density at radius 1 is 1.19 bits per heavy atom. The molecule has 1 aromatic rings. The third-order valence-corrected chi connectivity index (χ3v) is 4.13. The van der Waals surface area contributed by atoms with E-state index in [-0.39, 0.29) is 6.03 Å². The summed E-state index contributed by atoms with van der Waals surface area (Å²) in [5.41, 5.74) is 2.15. The fourth-order valence-electron chi connectivity index (χ4n) is 2.91. The summed E-state index contributed by atoms with van der Waals surface area (Å²) in [6, 6.07) is 4.18. The summed E-state index contributed by atoms with van der Waals surface area (Å²) in [4.78, 5) is 11.9. The summed E-state index contributed by atoms with van der Waals surface area (Å²) in [7, 11) is 0. The molecule has 1 aliphatic heterocycles. The van der Waals surface area contributed by atoms with Crippen LogP contribution in [-0.4, -0.2) is 25.3 Å². The van der Waals surface area contributed by atoms with Crippen LogP contribution in [0.15, 0.2) is 12.1 Å². The van der Waals surface area contributed by atoms with E-state index in [4.69, 9.17) is 9.47 Å². The summed E-state index contributed by atoms with van der Waals surface area (Å²) in [5, 5.41) is 5.95. The monoisotopic (exact) mass is 290 g/mol. The van der Waals surface area contributed by atoms with Gasteiger partial charge in [-0.15, -0.1) is 0 Å². The normalized spacial score (nSPS) is 17.6. The molecule has 2 amide bonds. The Kier molecular flexibility index (Phi) is 4.18. The minimum absolute atomic E-state index is 0.0869. The Labute approximate surface area is 125 Å². The number of nitrogens with one attached hydrogen (secondary N) is 2. The maximum absolute atomic E-state index is 11.9. The first-order valence-electron chi connectivity index (χ1n) is 7.66. The van der Waals surface area contributed by atoms with Gasteiger partial charge in [0.05, 0.1) is 0 Å². The molecule has 114 valence electrons. The molecule has 3 rings (SSSR count). The van der Waals surface area contributed by atoms with Gasteiger partial charge in [-0.2, -0.15) is 0 Å². The molecule has 0 aromatic heterocycles. The van der Waals surface area contributed by atoms with Gasteiger partial charge in [0.15, 0.2) is 11.5 Å². The molecule has 2 N–H and O–H groups in total. The average Bonchev–Trinajstić information content (AvgIpc) is 2.98. The molecule has 1 fully saturated rings. The molecule has 1 saturated carbocycles. The lowest BCUT2D eigenvalue weighted by Crippen LogP contribution is -2.40. The lowest BCUT2D eigenvalue weighted by Gasteiger charge is -2.20. The number of aryl methyl sites for hydroxylation is 1. The van der Waals surface area contributed by atoms with Gasteiger partial charge >= 0.3 is 6.03 Å². The summed E-state index contributed by atoms with van der Waals surface area (Å²) in [5.74, 6) is 1.55. The Hall–Kier alpha value is -1.91. The van der Waals surface area contributed by atoms with Crippen LogP contribution < -0.4 is 20.1 Å². The van der Waals surface area contributed by atoms with Gasteiger partial charge in [0.1, 0.15) is 13.2 Å². The molecule has 2 aliphatic rings. The molecule has 0 spiro atoms. The number of fused-ring (bicyclic) bond motifs is 1. The highest BCUT2D eigenvalue weighted by Crippen LogP contribution is 2.32. The molecule has 0 saturated heterocycles. The number of urea groups is 1. The van der Waals surface area contributed by atoms with Crippen molar-refractivity contribution in [1.82, 2.24) is 10.6 Å². The second kappa shape index (κ2) is 6.24. The summed E-state index contributed by atoms with van der Waals surface area (Å²) in [6.07, 6.45) is 4.62. The van der Waals surface area contributed by atoms with Gasteiger partial charge in [0.2, 0.25) is 0 Å². The van der Waals surface area contributed by atoms with E-state index in [1.807, 2.05) is 19.1 Å². The van der Waals surface area contributed by atoms with Crippen LogP contribution in [0.4, 0.5) is 4.79 Å². The van der Waals surface area contributed by atoms with E-state index in [0.29, 0.717) is 25.8 Å². The quantitative estimate of drug-likeness (QED) is 0.899. The second-order valence-corrected chi connectivity index (χ2v) is 5.73. The zero-order valence-corrected chi connectivity index (χ0v) is 12.4. The zero-order chi connectivity index (χ0) is 14.7. The lowest BCUT2D eigenvalue weighted by molar-refractivity contribution is 0.171. The van der Waals surface area contributed by atoms with Gasteiger partial charge in [-0.05, 0) is 43.0 Å². The maximum Gasteiger partial charge on any atom is 0.315 e. The van der Waals surface area contributed by atoms with Crippen molar-refractivity contribution >= 4 is 6.03 Å². The molecule has 0 radical (unpaired) electrons. The van der Waals surface area contributed by atoms with Crippen molar-refractivity contribution in [1.29, 1.82) is 0 Å². The van der Waals surface area contributed by atoms with Crippen molar-refractivity contribution in [2.45, 2.75) is 45.2 Å². The van der Waals surface area contributed by atoms with E-state index in [1.54, 1.807) is 0 Å². The SMILES string of the molecule is Cc1cc2c(cc1CNC(=O)NC1CCCC1)OCCO2. The summed E-state index contributed by atoms with van der Waals surface area (Å²) in [6.45, 7) is 3.68. The Bertz CT molecular complexity index is 524. The molecule has 0 atom stereocenters. The van der Waals surface area contributed by atoms with Crippen molar-refractivity contribution in [3.63, 3.8) is 0 Å². The van der Waals surface area contributed by atoms with Crippen molar-refractivity contribution in [3.05, 3.63) is 23.3 Å². The third-order valence-electron chi connectivity index (χ3n) is 4.13. The molecule has 1 aromatic carbocycles. The number of hydrogen-bond acceptors (Lipinski definition) is 3. The average molecular weight is 290 g/mol. The van der Waals surface area contributed by atoms with E-state index < -0.39 is 0 Å². The fourth-order valence-corrected chi connectivity index (χ4v) is 2.91. The molecule has 5 nitrogen and oxygen atoms in total. The number of carbonyl (C=O) groups is 1. The van der Waals surface area contributed by atoms with Crippen LogP contribution in [0, 0.1) is 6.92 Å². The molecule has 5 heteroatoms. The van der Waals surface area contributed by atoms with Gasteiger partial charge < -0.3 is 20.1 Å². The van der Waals surface area contributed by atoms with Crippen molar-refractivity contribution in [2.75, 3.05) is 13.2 Å². The molecular formula is C16H22N2O3. The Morgan fingerprint density at radius 3 is 2.57 bits per heavy atom. The molecule has 1 aliphatic carbocycles. The number of hydrogen-bond donors (Lipinski definition) is 2.